The fourth-order valence-electron chi connectivity index (χ4n) is 4.76. The number of hydrogen-bond donors (Lipinski definition) is 0. The molecule has 2 aromatic carbocycles. The van der Waals surface area contributed by atoms with Crippen LogP contribution in [0.3, 0.4) is 0 Å². The molecule has 1 aliphatic carbocycles. The number of carbonyl (C=O) groups excluding carboxylic acids is 1. The van der Waals surface area contributed by atoms with Gasteiger partial charge in [0.25, 0.3) is 0 Å². The zero-order valence-corrected chi connectivity index (χ0v) is 26.8. The predicted octanol–water partition coefficient (Wildman–Crippen LogP) is 6.52. The van der Waals surface area contributed by atoms with Crippen LogP contribution in [0.25, 0.3) is 27.8 Å². The van der Waals surface area contributed by atoms with Crippen LogP contribution in [0.1, 0.15) is 38.1 Å². The normalized spacial score (nSPS) is 14.0. The SMILES string of the molecule is COC(=O)C(C)(C)OCc1cc(-c2cccc(OC3CC3)c2)n(-c2cccc3c2c(C)nn3COCC[Si](C)(C)C)n1. The Morgan fingerprint density at radius 1 is 1.07 bits per heavy atom. The Labute approximate surface area is 248 Å². The average Bonchev–Trinajstić information content (AvgIpc) is 3.56. The quantitative estimate of drug-likeness (QED) is 0.0995. The van der Waals surface area contributed by atoms with Crippen LogP contribution in [-0.4, -0.2) is 59.0 Å². The van der Waals surface area contributed by atoms with E-state index < -0.39 is 19.6 Å². The Balaban J connectivity index is 1.52. The zero-order chi connectivity index (χ0) is 30.1. The molecule has 0 aliphatic heterocycles. The standard InChI is InChI=1S/C32H42N4O5Si/c1-22-30-27(35(33-22)21-39-16-17-42(5,6)7)12-9-13-28(30)36-29(23-10-8-11-26(18-23)41-25-14-15-25)19-24(34-36)20-40-32(2,3)31(37)38-4/h8-13,18-19,25H,14-17,20-21H2,1-7H3. The zero-order valence-electron chi connectivity index (χ0n) is 25.8. The first kappa shape index (κ1) is 30.0. The highest BCUT2D eigenvalue weighted by Crippen LogP contribution is 2.34. The number of benzene rings is 2. The van der Waals surface area contributed by atoms with Crippen LogP contribution < -0.4 is 4.74 Å². The first-order valence-corrected chi connectivity index (χ1v) is 18.3. The number of aromatic nitrogens is 4. The molecule has 0 bridgehead atoms. The lowest BCUT2D eigenvalue weighted by molar-refractivity contribution is -0.166. The van der Waals surface area contributed by atoms with E-state index in [1.807, 2.05) is 40.6 Å². The Hall–Kier alpha value is -3.47. The van der Waals surface area contributed by atoms with E-state index in [1.54, 1.807) is 13.8 Å². The first-order chi connectivity index (χ1) is 19.9. The Morgan fingerprint density at radius 2 is 1.83 bits per heavy atom. The van der Waals surface area contributed by atoms with Crippen LogP contribution >= 0.6 is 0 Å². The lowest BCUT2D eigenvalue weighted by atomic mass is 10.1. The number of fused-ring (bicyclic) bond motifs is 1. The van der Waals surface area contributed by atoms with Gasteiger partial charge < -0.3 is 18.9 Å². The van der Waals surface area contributed by atoms with E-state index in [9.17, 15) is 4.79 Å². The van der Waals surface area contributed by atoms with E-state index >= 15 is 0 Å². The van der Waals surface area contributed by atoms with Crippen molar-refractivity contribution in [2.45, 2.75) is 84.3 Å². The third-order valence-electron chi connectivity index (χ3n) is 7.34. The topological polar surface area (TPSA) is 89.6 Å². The maximum absolute atomic E-state index is 12.2. The fraction of sp³-hybridized carbons (Fsp3) is 0.469. The smallest absolute Gasteiger partial charge is 0.337 e. The Kier molecular flexibility index (Phi) is 8.59. The van der Waals surface area contributed by atoms with Crippen LogP contribution in [0.2, 0.25) is 25.7 Å². The van der Waals surface area contributed by atoms with Gasteiger partial charge in [0, 0.05) is 25.6 Å². The van der Waals surface area contributed by atoms with Crippen molar-refractivity contribution < 1.29 is 23.7 Å². The summed E-state index contributed by atoms with van der Waals surface area (Å²) >= 11 is 0. The molecule has 2 aromatic heterocycles. The van der Waals surface area contributed by atoms with Gasteiger partial charge in [-0.2, -0.15) is 10.2 Å². The summed E-state index contributed by atoms with van der Waals surface area (Å²) in [5.74, 6) is 0.400. The molecule has 4 aromatic rings. The summed E-state index contributed by atoms with van der Waals surface area (Å²) in [4.78, 5) is 12.2. The summed E-state index contributed by atoms with van der Waals surface area (Å²) in [6.07, 6.45) is 2.48. The second-order valence-corrected chi connectivity index (χ2v) is 18.3. The third-order valence-corrected chi connectivity index (χ3v) is 9.05. The molecule has 2 heterocycles. The number of ether oxygens (including phenoxy) is 4. The summed E-state index contributed by atoms with van der Waals surface area (Å²) < 4.78 is 26.9. The Morgan fingerprint density at radius 3 is 2.55 bits per heavy atom. The van der Waals surface area contributed by atoms with Crippen LogP contribution in [-0.2, 0) is 32.3 Å². The molecule has 1 aliphatic rings. The van der Waals surface area contributed by atoms with Gasteiger partial charge in [0.15, 0.2) is 5.60 Å². The summed E-state index contributed by atoms with van der Waals surface area (Å²) in [5.41, 5.74) is 4.21. The van der Waals surface area contributed by atoms with Crippen molar-refractivity contribution in [2.75, 3.05) is 13.7 Å². The number of esters is 1. The van der Waals surface area contributed by atoms with Crippen molar-refractivity contribution in [1.82, 2.24) is 19.6 Å². The minimum atomic E-state index is -1.18. The molecule has 0 saturated heterocycles. The summed E-state index contributed by atoms with van der Waals surface area (Å²) in [5, 5.41) is 10.8. The summed E-state index contributed by atoms with van der Waals surface area (Å²) in [6, 6.07) is 17.3. The van der Waals surface area contributed by atoms with Gasteiger partial charge in [0.2, 0.25) is 0 Å². The number of aryl methyl sites for hydroxylation is 1. The second kappa shape index (κ2) is 12.0. The van der Waals surface area contributed by atoms with Crippen molar-refractivity contribution >= 4 is 24.9 Å². The number of methoxy groups -OCH3 is 1. The van der Waals surface area contributed by atoms with Crippen LogP contribution in [0.5, 0.6) is 5.75 Å². The van der Waals surface area contributed by atoms with Crippen LogP contribution in [0.15, 0.2) is 48.5 Å². The highest BCUT2D eigenvalue weighted by Gasteiger charge is 2.30. The summed E-state index contributed by atoms with van der Waals surface area (Å²) in [6.45, 7) is 13.7. The van der Waals surface area contributed by atoms with Gasteiger partial charge in [-0.15, -0.1) is 0 Å². The molecule has 224 valence electrons. The van der Waals surface area contributed by atoms with Crippen molar-refractivity contribution in [1.29, 1.82) is 0 Å². The molecular weight excluding hydrogens is 548 g/mol. The monoisotopic (exact) mass is 590 g/mol. The highest BCUT2D eigenvalue weighted by molar-refractivity contribution is 6.76. The van der Waals surface area contributed by atoms with Crippen LogP contribution in [0, 0.1) is 6.92 Å². The van der Waals surface area contributed by atoms with Gasteiger partial charge in [-0.1, -0.05) is 37.8 Å². The van der Waals surface area contributed by atoms with E-state index in [0.29, 0.717) is 18.5 Å². The number of carbonyl (C=O) groups is 1. The van der Waals surface area contributed by atoms with E-state index in [1.165, 1.54) is 7.11 Å². The minimum absolute atomic E-state index is 0.138. The maximum atomic E-state index is 12.2. The van der Waals surface area contributed by atoms with Crippen LogP contribution in [0.4, 0.5) is 0 Å². The molecule has 0 spiro atoms. The van der Waals surface area contributed by atoms with E-state index in [0.717, 1.165) is 64.8 Å². The molecule has 42 heavy (non-hydrogen) atoms. The van der Waals surface area contributed by atoms with Gasteiger partial charge in [0.1, 0.15) is 12.5 Å². The van der Waals surface area contributed by atoms with Crippen molar-refractivity contribution in [3.8, 4) is 22.7 Å². The van der Waals surface area contributed by atoms with E-state index in [4.69, 9.17) is 29.1 Å². The molecule has 9 nitrogen and oxygen atoms in total. The fourth-order valence-corrected chi connectivity index (χ4v) is 5.52. The largest absolute Gasteiger partial charge is 0.490 e. The molecule has 0 N–H and O–H groups in total. The van der Waals surface area contributed by atoms with E-state index in [-0.39, 0.29) is 6.61 Å². The molecule has 1 saturated carbocycles. The van der Waals surface area contributed by atoms with Crippen molar-refractivity contribution in [3.05, 3.63) is 59.9 Å². The summed E-state index contributed by atoms with van der Waals surface area (Å²) in [7, 11) is 0.177. The van der Waals surface area contributed by atoms with Gasteiger partial charge >= 0.3 is 5.97 Å². The number of hydrogen-bond acceptors (Lipinski definition) is 7. The van der Waals surface area contributed by atoms with Crippen molar-refractivity contribution in [3.63, 3.8) is 0 Å². The average molecular weight is 591 g/mol. The molecule has 10 heteroatoms. The first-order valence-electron chi connectivity index (χ1n) is 14.6. The van der Waals surface area contributed by atoms with Gasteiger partial charge in [-0.25, -0.2) is 14.2 Å². The lowest BCUT2D eigenvalue weighted by Gasteiger charge is -2.21. The van der Waals surface area contributed by atoms with Crippen molar-refractivity contribution in [2.24, 2.45) is 0 Å². The Bertz CT molecular complexity index is 1560. The maximum Gasteiger partial charge on any atom is 0.337 e. The lowest BCUT2D eigenvalue weighted by Crippen LogP contribution is -2.35. The molecule has 0 atom stereocenters. The second-order valence-electron chi connectivity index (χ2n) is 12.7. The van der Waals surface area contributed by atoms with Gasteiger partial charge in [0.05, 0.1) is 48.1 Å². The predicted molar refractivity (Wildman–Crippen MR) is 166 cm³/mol. The molecule has 0 amide bonds. The van der Waals surface area contributed by atoms with E-state index in [2.05, 4.69) is 43.9 Å². The molecule has 0 unspecified atom stereocenters. The molecule has 0 radical (unpaired) electrons. The van der Waals surface area contributed by atoms with Gasteiger partial charge in [-0.3, -0.25) is 0 Å². The third kappa shape index (κ3) is 6.94. The molecule has 1 fully saturated rings. The number of rotatable bonds is 13. The molecular formula is C32H42N4O5Si. The van der Waals surface area contributed by atoms with Gasteiger partial charge in [-0.05, 0) is 70.0 Å². The number of nitrogens with zero attached hydrogens (tertiary/aromatic N) is 4. The highest BCUT2D eigenvalue weighted by atomic mass is 28.3. The molecule has 5 rings (SSSR count). The minimum Gasteiger partial charge on any atom is -0.490 e.